The van der Waals surface area contributed by atoms with Crippen molar-refractivity contribution >= 4 is 5.69 Å². The highest BCUT2D eigenvalue weighted by Crippen LogP contribution is 2.22. The van der Waals surface area contributed by atoms with Gasteiger partial charge < -0.3 is 9.84 Å². The SMILES string of the molecule is Cc1cccc(C#N)c1NCc1c(C)noc1C. The quantitative estimate of drug-likeness (QED) is 0.897. The average molecular weight is 241 g/mol. The molecule has 0 spiro atoms. The molecule has 1 aromatic carbocycles. The van der Waals surface area contributed by atoms with E-state index < -0.39 is 0 Å². The molecule has 1 aromatic heterocycles. The summed E-state index contributed by atoms with van der Waals surface area (Å²) >= 11 is 0. The summed E-state index contributed by atoms with van der Waals surface area (Å²) in [6.07, 6.45) is 0. The molecule has 92 valence electrons. The van der Waals surface area contributed by atoms with E-state index in [1.54, 1.807) is 0 Å². The second-order valence-electron chi connectivity index (χ2n) is 4.27. The van der Waals surface area contributed by atoms with E-state index >= 15 is 0 Å². The molecule has 0 aliphatic heterocycles. The number of benzene rings is 1. The lowest BCUT2D eigenvalue weighted by Crippen LogP contribution is -2.04. The maximum atomic E-state index is 9.09. The van der Waals surface area contributed by atoms with E-state index in [2.05, 4.69) is 16.5 Å². The Morgan fingerprint density at radius 3 is 2.72 bits per heavy atom. The van der Waals surface area contributed by atoms with Crippen LogP contribution in [0.4, 0.5) is 5.69 Å². The molecular formula is C14H15N3O. The van der Waals surface area contributed by atoms with Gasteiger partial charge >= 0.3 is 0 Å². The Labute approximate surface area is 106 Å². The Morgan fingerprint density at radius 1 is 1.33 bits per heavy atom. The predicted molar refractivity (Wildman–Crippen MR) is 69.2 cm³/mol. The van der Waals surface area contributed by atoms with Gasteiger partial charge in [-0.2, -0.15) is 5.26 Å². The number of aromatic nitrogens is 1. The summed E-state index contributed by atoms with van der Waals surface area (Å²) in [7, 11) is 0. The lowest BCUT2D eigenvalue weighted by atomic mass is 10.1. The second-order valence-corrected chi connectivity index (χ2v) is 4.27. The molecule has 1 heterocycles. The fraction of sp³-hybridized carbons (Fsp3) is 0.286. The predicted octanol–water partition coefficient (Wildman–Crippen LogP) is 3.08. The summed E-state index contributed by atoms with van der Waals surface area (Å²) in [5.74, 6) is 0.812. The number of hydrogen-bond acceptors (Lipinski definition) is 4. The van der Waals surface area contributed by atoms with Crippen LogP contribution in [0, 0.1) is 32.1 Å². The second kappa shape index (κ2) is 4.92. The van der Waals surface area contributed by atoms with Gasteiger partial charge in [0.25, 0.3) is 0 Å². The molecule has 4 heteroatoms. The van der Waals surface area contributed by atoms with Gasteiger partial charge in [0, 0.05) is 12.1 Å². The molecule has 18 heavy (non-hydrogen) atoms. The van der Waals surface area contributed by atoms with Crippen molar-refractivity contribution in [2.45, 2.75) is 27.3 Å². The minimum absolute atomic E-state index is 0.612. The number of nitrogens with one attached hydrogen (secondary N) is 1. The molecule has 2 aromatic rings. The van der Waals surface area contributed by atoms with Crippen molar-refractivity contribution in [3.05, 3.63) is 46.3 Å². The Kier molecular flexibility index (Phi) is 3.33. The van der Waals surface area contributed by atoms with Crippen molar-refractivity contribution in [2.75, 3.05) is 5.32 Å². The lowest BCUT2D eigenvalue weighted by Gasteiger charge is -2.10. The minimum atomic E-state index is 0.612. The highest BCUT2D eigenvalue weighted by atomic mass is 16.5. The molecule has 0 atom stereocenters. The van der Waals surface area contributed by atoms with Crippen molar-refractivity contribution in [1.82, 2.24) is 5.16 Å². The first-order valence-corrected chi connectivity index (χ1v) is 5.79. The first-order valence-electron chi connectivity index (χ1n) is 5.79. The van der Waals surface area contributed by atoms with Gasteiger partial charge in [0.15, 0.2) is 0 Å². The molecule has 0 aliphatic carbocycles. The summed E-state index contributed by atoms with van der Waals surface area (Å²) in [4.78, 5) is 0. The molecule has 0 fully saturated rings. The van der Waals surface area contributed by atoms with Gasteiger partial charge in [0.2, 0.25) is 0 Å². The maximum absolute atomic E-state index is 9.09. The van der Waals surface area contributed by atoms with Crippen LogP contribution in [0.15, 0.2) is 22.7 Å². The van der Waals surface area contributed by atoms with Crippen molar-refractivity contribution in [3.63, 3.8) is 0 Å². The van der Waals surface area contributed by atoms with E-state index in [1.165, 1.54) is 0 Å². The van der Waals surface area contributed by atoms with Crippen LogP contribution in [0.3, 0.4) is 0 Å². The monoisotopic (exact) mass is 241 g/mol. The highest BCUT2D eigenvalue weighted by molar-refractivity contribution is 5.62. The number of anilines is 1. The van der Waals surface area contributed by atoms with Gasteiger partial charge in [-0.1, -0.05) is 17.3 Å². The maximum Gasteiger partial charge on any atom is 0.138 e. The fourth-order valence-corrected chi connectivity index (χ4v) is 1.93. The van der Waals surface area contributed by atoms with Crippen LogP contribution in [0.1, 0.15) is 28.1 Å². The molecule has 0 aliphatic rings. The zero-order chi connectivity index (χ0) is 13.1. The summed E-state index contributed by atoms with van der Waals surface area (Å²) in [5.41, 5.74) is 4.51. The van der Waals surface area contributed by atoms with Crippen molar-refractivity contribution in [3.8, 4) is 6.07 Å². The van der Waals surface area contributed by atoms with Gasteiger partial charge in [-0.3, -0.25) is 0 Å². The summed E-state index contributed by atoms with van der Waals surface area (Å²) in [6, 6.07) is 7.87. The number of nitrogens with zero attached hydrogens (tertiary/aromatic N) is 2. The Balaban J connectivity index is 2.24. The number of rotatable bonds is 3. The molecular weight excluding hydrogens is 226 g/mol. The van der Waals surface area contributed by atoms with Crippen LogP contribution in [0.25, 0.3) is 0 Å². The fourth-order valence-electron chi connectivity index (χ4n) is 1.93. The van der Waals surface area contributed by atoms with E-state index in [0.717, 1.165) is 28.3 Å². The molecule has 4 nitrogen and oxygen atoms in total. The largest absolute Gasteiger partial charge is 0.379 e. The molecule has 0 saturated heterocycles. The molecule has 0 unspecified atom stereocenters. The van der Waals surface area contributed by atoms with Crippen LogP contribution in [0.2, 0.25) is 0 Å². The highest BCUT2D eigenvalue weighted by Gasteiger charge is 2.10. The van der Waals surface area contributed by atoms with Crippen molar-refractivity contribution in [1.29, 1.82) is 5.26 Å². The summed E-state index contributed by atoms with van der Waals surface area (Å²) in [5, 5.41) is 16.3. The zero-order valence-corrected chi connectivity index (χ0v) is 10.7. The number of aryl methyl sites for hydroxylation is 3. The number of para-hydroxylation sites is 1. The third kappa shape index (κ3) is 2.21. The van der Waals surface area contributed by atoms with Crippen molar-refractivity contribution in [2.24, 2.45) is 0 Å². The van der Waals surface area contributed by atoms with E-state index in [1.807, 2.05) is 39.0 Å². The minimum Gasteiger partial charge on any atom is -0.379 e. The van der Waals surface area contributed by atoms with Gasteiger partial charge in [-0.25, -0.2) is 0 Å². The van der Waals surface area contributed by atoms with E-state index in [4.69, 9.17) is 9.78 Å². The third-order valence-electron chi connectivity index (χ3n) is 3.02. The summed E-state index contributed by atoms with van der Waals surface area (Å²) in [6.45, 7) is 6.40. The van der Waals surface area contributed by atoms with E-state index in [-0.39, 0.29) is 0 Å². The molecule has 0 amide bonds. The van der Waals surface area contributed by atoms with E-state index in [0.29, 0.717) is 12.1 Å². The first-order chi connectivity index (χ1) is 8.63. The van der Waals surface area contributed by atoms with Crippen LogP contribution in [0.5, 0.6) is 0 Å². The van der Waals surface area contributed by atoms with Gasteiger partial charge in [-0.15, -0.1) is 0 Å². The van der Waals surface area contributed by atoms with Crippen LogP contribution in [-0.2, 0) is 6.54 Å². The molecule has 0 saturated carbocycles. The standard InChI is InChI=1S/C14H15N3O/c1-9-5-4-6-12(7-15)14(9)16-8-13-10(2)17-18-11(13)3/h4-6,16H,8H2,1-3H3. The third-order valence-corrected chi connectivity index (χ3v) is 3.02. The Bertz CT molecular complexity index is 588. The van der Waals surface area contributed by atoms with E-state index in [9.17, 15) is 0 Å². The van der Waals surface area contributed by atoms with Gasteiger partial charge in [0.05, 0.1) is 16.9 Å². The van der Waals surface area contributed by atoms with Crippen LogP contribution in [-0.4, -0.2) is 5.16 Å². The van der Waals surface area contributed by atoms with Gasteiger partial charge in [-0.05, 0) is 32.4 Å². The first kappa shape index (κ1) is 12.2. The van der Waals surface area contributed by atoms with Crippen LogP contribution >= 0.6 is 0 Å². The normalized spacial score (nSPS) is 10.1. The molecule has 2 rings (SSSR count). The number of hydrogen-bond donors (Lipinski definition) is 1. The van der Waals surface area contributed by atoms with Gasteiger partial charge in [0.1, 0.15) is 11.8 Å². The zero-order valence-electron chi connectivity index (χ0n) is 10.7. The summed E-state index contributed by atoms with van der Waals surface area (Å²) < 4.78 is 5.12. The number of nitriles is 1. The topological polar surface area (TPSA) is 61.9 Å². The van der Waals surface area contributed by atoms with Crippen molar-refractivity contribution < 1.29 is 4.52 Å². The Hall–Kier alpha value is -2.28. The van der Waals surface area contributed by atoms with Crippen LogP contribution < -0.4 is 5.32 Å². The Morgan fingerprint density at radius 2 is 2.11 bits per heavy atom. The lowest BCUT2D eigenvalue weighted by molar-refractivity contribution is 0.392. The molecule has 0 radical (unpaired) electrons. The smallest absolute Gasteiger partial charge is 0.138 e. The molecule has 0 bridgehead atoms. The average Bonchev–Trinajstić information content (AvgIpc) is 2.68. The molecule has 1 N–H and O–H groups in total.